The number of amides is 1. The van der Waals surface area contributed by atoms with Crippen LogP contribution in [0.2, 0.25) is 10.0 Å². The fraction of sp³-hybridized carbons (Fsp3) is 0.294. The highest BCUT2D eigenvalue weighted by Gasteiger charge is 2.29. The van der Waals surface area contributed by atoms with Gasteiger partial charge in [-0.25, -0.2) is 0 Å². The van der Waals surface area contributed by atoms with Crippen LogP contribution in [0.15, 0.2) is 42.6 Å². The molecule has 1 aliphatic rings. The topological polar surface area (TPSA) is 33.2 Å². The number of carbonyl (C=O) groups excluding carboxylic acids is 1. The van der Waals surface area contributed by atoms with E-state index < -0.39 is 0 Å². The van der Waals surface area contributed by atoms with Crippen LogP contribution in [-0.4, -0.2) is 33.3 Å². The summed E-state index contributed by atoms with van der Waals surface area (Å²) in [6, 6.07) is 11.0. The summed E-state index contributed by atoms with van der Waals surface area (Å²) in [6.45, 7) is 0.490. The zero-order valence-corrected chi connectivity index (χ0v) is 14.7. The van der Waals surface area contributed by atoms with Crippen LogP contribution in [0.3, 0.4) is 0 Å². The Labute approximate surface area is 150 Å². The molecular weight excluding hydrogens is 351 g/mol. The summed E-state index contributed by atoms with van der Waals surface area (Å²) in [7, 11) is 0. The third kappa shape index (κ3) is 4.00. The molecule has 1 aliphatic heterocycles. The largest absolute Gasteiger partial charge is 0.329 e. The molecule has 3 nitrogen and oxygen atoms in total. The molecule has 23 heavy (non-hydrogen) atoms. The highest BCUT2D eigenvalue weighted by Crippen LogP contribution is 2.28. The van der Waals surface area contributed by atoms with Crippen LogP contribution in [0, 0.1) is 0 Å². The lowest BCUT2D eigenvalue weighted by Gasteiger charge is -2.28. The van der Waals surface area contributed by atoms with Gasteiger partial charge in [-0.05, 0) is 42.5 Å². The van der Waals surface area contributed by atoms with Gasteiger partial charge in [0.25, 0.3) is 5.91 Å². The molecule has 0 unspecified atom stereocenters. The summed E-state index contributed by atoms with van der Waals surface area (Å²) in [5.41, 5.74) is 1.37. The Hall–Kier alpha value is -1.23. The van der Waals surface area contributed by atoms with E-state index in [1.165, 1.54) is 0 Å². The Morgan fingerprint density at radius 2 is 2.17 bits per heavy atom. The smallest absolute Gasteiger partial charge is 0.256 e. The molecule has 2 heterocycles. The van der Waals surface area contributed by atoms with Crippen LogP contribution in [0.4, 0.5) is 0 Å². The van der Waals surface area contributed by atoms with Crippen LogP contribution in [0.5, 0.6) is 0 Å². The average Bonchev–Trinajstić information content (AvgIpc) is 3.07. The van der Waals surface area contributed by atoms with Crippen LogP contribution >= 0.6 is 35.0 Å². The first-order valence-corrected chi connectivity index (χ1v) is 9.30. The van der Waals surface area contributed by atoms with Crippen LogP contribution in [-0.2, 0) is 6.54 Å². The minimum absolute atomic E-state index is 0.0650. The van der Waals surface area contributed by atoms with Crippen molar-refractivity contribution in [3.8, 4) is 0 Å². The van der Waals surface area contributed by atoms with Crippen molar-refractivity contribution in [2.45, 2.75) is 19.0 Å². The van der Waals surface area contributed by atoms with Gasteiger partial charge in [0.2, 0.25) is 0 Å². The van der Waals surface area contributed by atoms with Crippen molar-refractivity contribution in [2.24, 2.45) is 0 Å². The molecule has 1 aromatic carbocycles. The maximum absolute atomic E-state index is 13.0. The number of benzene rings is 1. The van der Waals surface area contributed by atoms with Gasteiger partial charge in [-0.1, -0.05) is 29.3 Å². The Morgan fingerprint density at radius 3 is 2.83 bits per heavy atom. The molecule has 1 saturated heterocycles. The molecule has 6 heteroatoms. The summed E-state index contributed by atoms with van der Waals surface area (Å²) in [5.74, 6) is 1.96. The van der Waals surface area contributed by atoms with Crippen molar-refractivity contribution in [3.63, 3.8) is 0 Å². The molecule has 0 aliphatic carbocycles. The van der Waals surface area contributed by atoms with E-state index in [4.69, 9.17) is 23.2 Å². The Balaban J connectivity index is 1.89. The Bertz CT molecular complexity index is 690. The van der Waals surface area contributed by atoms with Crippen molar-refractivity contribution in [3.05, 3.63) is 63.9 Å². The van der Waals surface area contributed by atoms with Gasteiger partial charge >= 0.3 is 0 Å². The lowest BCUT2D eigenvalue weighted by Crippen LogP contribution is -2.40. The van der Waals surface area contributed by atoms with E-state index in [1.54, 1.807) is 24.4 Å². The van der Waals surface area contributed by atoms with E-state index in [-0.39, 0.29) is 11.9 Å². The number of thioether (sulfide) groups is 1. The van der Waals surface area contributed by atoms with Crippen LogP contribution < -0.4 is 0 Å². The van der Waals surface area contributed by atoms with Gasteiger partial charge < -0.3 is 4.90 Å². The van der Waals surface area contributed by atoms with Crippen molar-refractivity contribution in [2.75, 3.05) is 11.5 Å². The van der Waals surface area contributed by atoms with Crippen molar-refractivity contribution < 1.29 is 4.79 Å². The van der Waals surface area contributed by atoms with E-state index in [1.807, 2.05) is 34.9 Å². The lowest BCUT2D eigenvalue weighted by molar-refractivity contribution is 0.0678. The summed E-state index contributed by atoms with van der Waals surface area (Å²) >= 11 is 14.0. The van der Waals surface area contributed by atoms with Gasteiger partial charge in [-0.2, -0.15) is 11.8 Å². The molecule has 120 valence electrons. The van der Waals surface area contributed by atoms with Gasteiger partial charge in [-0.3, -0.25) is 9.78 Å². The maximum atomic E-state index is 13.0. The van der Waals surface area contributed by atoms with Crippen molar-refractivity contribution in [1.82, 2.24) is 9.88 Å². The quantitative estimate of drug-likeness (QED) is 0.796. The molecule has 0 N–H and O–H groups in total. The van der Waals surface area contributed by atoms with Crippen LogP contribution in [0.25, 0.3) is 0 Å². The molecule has 1 amide bonds. The molecule has 0 radical (unpaired) electrons. The fourth-order valence-electron chi connectivity index (χ4n) is 2.62. The second-order valence-electron chi connectivity index (χ2n) is 5.40. The lowest BCUT2D eigenvalue weighted by atomic mass is 10.1. The summed E-state index contributed by atoms with van der Waals surface area (Å²) in [4.78, 5) is 19.3. The number of nitrogens with zero attached hydrogens (tertiary/aromatic N) is 2. The summed E-state index contributed by atoms with van der Waals surface area (Å²) in [5, 5.41) is 0.915. The van der Waals surface area contributed by atoms with E-state index in [0.29, 0.717) is 22.2 Å². The molecule has 3 rings (SSSR count). The fourth-order valence-corrected chi connectivity index (χ4v) is 4.33. The van der Waals surface area contributed by atoms with Gasteiger partial charge in [0.05, 0.1) is 22.8 Å². The second-order valence-corrected chi connectivity index (χ2v) is 7.39. The number of aromatic nitrogens is 1. The standard InChI is InChI=1S/C17H16Cl2N2OS/c18-12-4-5-15(16(19)9-12)17(22)21(14-6-8-23-11-14)10-13-3-1-2-7-20-13/h1-5,7,9,14H,6,8,10-11H2/t14-/m0/s1. The van der Waals surface area contributed by atoms with Gasteiger partial charge in [0, 0.05) is 23.0 Å². The number of hydrogen-bond donors (Lipinski definition) is 0. The van der Waals surface area contributed by atoms with E-state index >= 15 is 0 Å². The molecule has 0 saturated carbocycles. The molecule has 1 fully saturated rings. The third-order valence-corrected chi connectivity index (χ3v) is 5.52. The van der Waals surface area contributed by atoms with Gasteiger partial charge in [0.15, 0.2) is 0 Å². The Morgan fingerprint density at radius 1 is 1.30 bits per heavy atom. The van der Waals surface area contributed by atoms with Crippen molar-refractivity contribution >= 4 is 40.9 Å². The number of pyridine rings is 1. The van der Waals surface area contributed by atoms with Gasteiger partial charge in [0.1, 0.15) is 0 Å². The molecular formula is C17H16Cl2N2OS. The first-order valence-electron chi connectivity index (χ1n) is 7.39. The molecule has 2 aromatic rings. The monoisotopic (exact) mass is 366 g/mol. The first kappa shape index (κ1) is 16.6. The minimum atomic E-state index is -0.0650. The predicted octanol–water partition coefficient (Wildman–Crippen LogP) is 4.54. The first-order chi connectivity index (χ1) is 11.1. The maximum Gasteiger partial charge on any atom is 0.256 e. The van der Waals surface area contributed by atoms with E-state index in [2.05, 4.69) is 4.98 Å². The average molecular weight is 367 g/mol. The normalized spacial score (nSPS) is 17.2. The third-order valence-electron chi connectivity index (χ3n) is 3.83. The number of hydrogen-bond acceptors (Lipinski definition) is 3. The van der Waals surface area contributed by atoms with E-state index in [9.17, 15) is 4.79 Å². The minimum Gasteiger partial charge on any atom is -0.329 e. The summed E-state index contributed by atoms with van der Waals surface area (Å²) < 4.78 is 0. The second kappa shape index (κ2) is 7.56. The van der Waals surface area contributed by atoms with Crippen LogP contribution in [0.1, 0.15) is 22.5 Å². The number of rotatable bonds is 4. The Kier molecular flexibility index (Phi) is 5.46. The zero-order valence-electron chi connectivity index (χ0n) is 12.4. The highest BCUT2D eigenvalue weighted by molar-refractivity contribution is 7.99. The molecule has 1 aromatic heterocycles. The number of halogens is 2. The van der Waals surface area contributed by atoms with E-state index in [0.717, 1.165) is 23.6 Å². The summed E-state index contributed by atoms with van der Waals surface area (Å²) in [6.07, 6.45) is 2.74. The molecule has 0 bridgehead atoms. The number of carbonyl (C=O) groups is 1. The highest BCUT2D eigenvalue weighted by atomic mass is 35.5. The van der Waals surface area contributed by atoms with Crippen molar-refractivity contribution in [1.29, 1.82) is 0 Å². The predicted molar refractivity (Wildman–Crippen MR) is 96.3 cm³/mol. The zero-order chi connectivity index (χ0) is 16.2. The van der Waals surface area contributed by atoms with Gasteiger partial charge in [-0.15, -0.1) is 0 Å². The SMILES string of the molecule is O=C(c1ccc(Cl)cc1Cl)N(Cc1ccccn1)[C@H]1CCSC1. The molecule has 0 spiro atoms. The molecule has 1 atom stereocenters.